The van der Waals surface area contributed by atoms with Gasteiger partial charge in [-0.1, -0.05) is 12.1 Å². The Morgan fingerprint density at radius 1 is 1.11 bits per heavy atom. The van der Waals surface area contributed by atoms with Crippen molar-refractivity contribution in [1.82, 2.24) is 14.9 Å². The van der Waals surface area contributed by atoms with Gasteiger partial charge < -0.3 is 15.4 Å². The zero-order valence-electron chi connectivity index (χ0n) is 16.0. The van der Waals surface area contributed by atoms with Gasteiger partial charge in [-0.3, -0.25) is 4.90 Å². The fraction of sp³-hybridized carbons (Fsp3) is 0.524. The predicted octanol–water partition coefficient (Wildman–Crippen LogP) is 2.44. The number of nitrogens with zero attached hydrogens (tertiary/aromatic N) is 4. The first-order valence-electron chi connectivity index (χ1n) is 9.90. The minimum Gasteiger partial charge on any atom is -0.497 e. The Labute approximate surface area is 160 Å². The summed E-state index contributed by atoms with van der Waals surface area (Å²) in [5.41, 5.74) is 8.27. The van der Waals surface area contributed by atoms with Crippen molar-refractivity contribution in [2.24, 2.45) is 5.92 Å². The van der Waals surface area contributed by atoms with Crippen molar-refractivity contribution in [2.45, 2.75) is 37.8 Å². The van der Waals surface area contributed by atoms with Crippen LogP contribution in [0.2, 0.25) is 0 Å². The molecule has 142 valence electrons. The largest absolute Gasteiger partial charge is 0.497 e. The van der Waals surface area contributed by atoms with Crippen molar-refractivity contribution in [2.75, 3.05) is 37.4 Å². The van der Waals surface area contributed by atoms with E-state index in [1.807, 2.05) is 13.0 Å². The summed E-state index contributed by atoms with van der Waals surface area (Å²) < 4.78 is 5.49. The van der Waals surface area contributed by atoms with Gasteiger partial charge in [-0.15, -0.1) is 0 Å². The quantitative estimate of drug-likeness (QED) is 0.901. The van der Waals surface area contributed by atoms with Crippen LogP contribution in [-0.2, 0) is 0 Å². The van der Waals surface area contributed by atoms with Crippen molar-refractivity contribution >= 4 is 11.8 Å². The van der Waals surface area contributed by atoms with E-state index in [0.717, 1.165) is 29.7 Å². The SMILES string of the molecule is COc1cccc([C@H]2CN(c3cc(C)nc(N)n3)[C@@H]3C4CCN(CC4)[C@H]23)c1. The Morgan fingerprint density at radius 2 is 1.93 bits per heavy atom. The number of benzene rings is 1. The van der Waals surface area contributed by atoms with Crippen LogP contribution in [0.25, 0.3) is 0 Å². The third kappa shape index (κ3) is 2.74. The Morgan fingerprint density at radius 3 is 2.67 bits per heavy atom. The Hall–Kier alpha value is -2.34. The number of anilines is 2. The fourth-order valence-corrected chi connectivity index (χ4v) is 5.57. The minimum atomic E-state index is 0.368. The van der Waals surface area contributed by atoms with Gasteiger partial charge in [0, 0.05) is 36.3 Å². The normalized spacial score (nSPS) is 31.8. The molecule has 2 aromatic rings. The van der Waals surface area contributed by atoms with Crippen molar-refractivity contribution in [3.05, 3.63) is 41.6 Å². The molecule has 5 heterocycles. The molecule has 2 bridgehead atoms. The number of nitrogens with two attached hydrogens (primary N) is 1. The molecule has 0 saturated carbocycles. The summed E-state index contributed by atoms with van der Waals surface area (Å²) in [6, 6.07) is 11.7. The maximum absolute atomic E-state index is 5.98. The Balaban J connectivity index is 1.57. The van der Waals surface area contributed by atoms with E-state index in [0.29, 0.717) is 23.9 Å². The number of hydrogen-bond acceptors (Lipinski definition) is 6. The molecule has 6 rings (SSSR count). The molecule has 6 heteroatoms. The Kier molecular flexibility index (Phi) is 3.97. The monoisotopic (exact) mass is 365 g/mol. The lowest BCUT2D eigenvalue weighted by Crippen LogP contribution is -2.60. The third-order valence-electron chi connectivity index (χ3n) is 6.67. The molecule has 27 heavy (non-hydrogen) atoms. The molecule has 4 aliphatic heterocycles. The number of hydrogen-bond donors (Lipinski definition) is 1. The number of nitrogen functional groups attached to an aromatic ring is 1. The molecule has 0 aliphatic carbocycles. The van der Waals surface area contributed by atoms with Gasteiger partial charge in [0.2, 0.25) is 5.95 Å². The molecule has 0 spiro atoms. The smallest absolute Gasteiger partial charge is 0.222 e. The van der Waals surface area contributed by atoms with Crippen LogP contribution in [0.5, 0.6) is 5.75 Å². The highest BCUT2D eigenvalue weighted by atomic mass is 16.5. The van der Waals surface area contributed by atoms with Crippen molar-refractivity contribution in [1.29, 1.82) is 0 Å². The van der Waals surface area contributed by atoms with Gasteiger partial charge in [0.15, 0.2) is 0 Å². The molecule has 3 atom stereocenters. The van der Waals surface area contributed by atoms with E-state index in [1.165, 1.54) is 31.5 Å². The molecule has 6 nitrogen and oxygen atoms in total. The lowest BCUT2D eigenvalue weighted by Gasteiger charge is -2.51. The average molecular weight is 365 g/mol. The van der Waals surface area contributed by atoms with Crippen molar-refractivity contribution in [3.63, 3.8) is 0 Å². The van der Waals surface area contributed by atoms with Gasteiger partial charge in [-0.05, 0) is 56.5 Å². The summed E-state index contributed by atoms with van der Waals surface area (Å²) in [6.07, 6.45) is 2.56. The number of fused-ring (bicyclic) bond motifs is 2. The number of ether oxygens (including phenoxy) is 1. The summed E-state index contributed by atoms with van der Waals surface area (Å²) in [5.74, 6) is 3.46. The van der Waals surface area contributed by atoms with Gasteiger partial charge in [-0.2, -0.15) is 4.98 Å². The van der Waals surface area contributed by atoms with Crippen molar-refractivity contribution in [3.8, 4) is 5.75 Å². The number of piperidine rings is 3. The number of aryl methyl sites for hydroxylation is 1. The maximum Gasteiger partial charge on any atom is 0.222 e. The van der Waals surface area contributed by atoms with Crippen LogP contribution in [0, 0.1) is 12.8 Å². The molecule has 1 aromatic heterocycles. The standard InChI is InChI=1S/C21H27N5O/c1-13-10-18(24-21(22)23-13)26-12-17(15-4-3-5-16(11-15)27-2)20-19(26)14-6-8-25(20)9-7-14/h3-5,10-11,14,17,19-20H,6-9,12H2,1-2H3,(H2,22,23,24)/t17-,19-,20-/m1/s1. The van der Waals surface area contributed by atoms with E-state index in [1.54, 1.807) is 7.11 Å². The average Bonchev–Trinajstić information content (AvgIpc) is 3.11. The number of aromatic nitrogens is 2. The molecular weight excluding hydrogens is 338 g/mol. The summed E-state index contributed by atoms with van der Waals surface area (Å²) >= 11 is 0. The highest BCUT2D eigenvalue weighted by Crippen LogP contribution is 2.48. The number of rotatable bonds is 3. The lowest BCUT2D eigenvalue weighted by molar-refractivity contribution is 0.0354. The van der Waals surface area contributed by atoms with Gasteiger partial charge >= 0.3 is 0 Å². The molecule has 4 fully saturated rings. The van der Waals surface area contributed by atoms with Crippen LogP contribution < -0.4 is 15.4 Å². The first kappa shape index (κ1) is 16.8. The second kappa shape index (κ2) is 6.37. The highest BCUT2D eigenvalue weighted by Gasteiger charge is 2.53. The second-order valence-corrected chi connectivity index (χ2v) is 8.12. The van der Waals surface area contributed by atoms with Gasteiger partial charge in [-0.25, -0.2) is 4.98 Å². The van der Waals surface area contributed by atoms with Crippen LogP contribution >= 0.6 is 0 Å². The minimum absolute atomic E-state index is 0.368. The zero-order chi connectivity index (χ0) is 18.5. The first-order chi connectivity index (χ1) is 13.1. The van der Waals surface area contributed by atoms with E-state index in [9.17, 15) is 0 Å². The van der Waals surface area contributed by atoms with Gasteiger partial charge in [0.1, 0.15) is 11.6 Å². The Bertz CT molecular complexity index is 828. The topological polar surface area (TPSA) is 67.5 Å². The van der Waals surface area contributed by atoms with Gasteiger partial charge in [0.25, 0.3) is 0 Å². The third-order valence-corrected chi connectivity index (χ3v) is 6.67. The molecule has 4 saturated heterocycles. The van der Waals surface area contributed by atoms with Crippen LogP contribution in [-0.4, -0.2) is 53.7 Å². The van der Waals surface area contributed by atoms with E-state index in [-0.39, 0.29) is 0 Å². The summed E-state index contributed by atoms with van der Waals surface area (Å²) in [7, 11) is 1.74. The van der Waals surface area contributed by atoms with Crippen LogP contribution in [0.15, 0.2) is 30.3 Å². The summed E-state index contributed by atoms with van der Waals surface area (Å²) in [6.45, 7) is 5.38. The lowest BCUT2D eigenvalue weighted by atomic mass is 9.75. The summed E-state index contributed by atoms with van der Waals surface area (Å²) in [5, 5.41) is 0. The summed E-state index contributed by atoms with van der Waals surface area (Å²) in [4.78, 5) is 14.1. The maximum atomic E-state index is 5.98. The van der Waals surface area contributed by atoms with Crippen LogP contribution in [0.3, 0.4) is 0 Å². The van der Waals surface area contributed by atoms with Gasteiger partial charge in [0.05, 0.1) is 7.11 Å². The number of methoxy groups -OCH3 is 1. The van der Waals surface area contributed by atoms with Crippen molar-refractivity contribution < 1.29 is 4.74 Å². The van der Waals surface area contributed by atoms with Crippen LogP contribution in [0.4, 0.5) is 11.8 Å². The predicted molar refractivity (Wildman–Crippen MR) is 106 cm³/mol. The molecule has 0 amide bonds. The molecule has 0 radical (unpaired) electrons. The first-order valence-corrected chi connectivity index (χ1v) is 9.90. The van der Waals surface area contributed by atoms with E-state index in [2.05, 4.69) is 44.0 Å². The van der Waals surface area contributed by atoms with E-state index in [4.69, 9.17) is 10.5 Å². The molecule has 2 N–H and O–H groups in total. The zero-order valence-corrected chi connectivity index (χ0v) is 16.0. The molecule has 0 unspecified atom stereocenters. The second-order valence-electron chi connectivity index (χ2n) is 8.12. The molecule has 4 aliphatic rings. The molecule has 1 aromatic carbocycles. The van der Waals surface area contributed by atoms with Crippen LogP contribution in [0.1, 0.15) is 30.0 Å². The molecular formula is C21H27N5O. The highest BCUT2D eigenvalue weighted by molar-refractivity contribution is 5.50. The fourth-order valence-electron chi connectivity index (χ4n) is 5.57. The van der Waals surface area contributed by atoms with E-state index < -0.39 is 0 Å². The van der Waals surface area contributed by atoms with E-state index >= 15 is 0 Å².